The van der Waals surface area contributed by atoms with Gasteiger partial charge in [0.1, 0.15) is 6.54 Å². The molecule has 26 heavy (non-hydrogen) atoms. The van der Waals surface area contributed by atoms with Crippen molar-refractivity contribution in [1.82, 2.24) is 9.21 Å². The second-order valence-corrected chi connectivity index (χ2v) is 8.02. The first-order valence-corrected chi connectivity index (χ1v) is 9.91. The van der Waals surface area contributed by atoms with Gasteiger partial charge in [0, 0.05) is 25.2 Å². The van der Waals surface area contributed by atoms with Crippen LogP contribution in [0.15, 0.2) is 23.1 Å². The van der Waals surface area contributed by atoms with Crippen LogP contribution in [0.25, 0.3) is 0 Å². The molecule has 0 saturated carbocycles. The molecular weight excluding hydrogens is 360 g/mol. The van der Waals surface area contributed by atoms with Gasteiger partial charge in [0.15, 0.2) is 0 Å². The minimum atomic E-state index is -3.74. The van der Waals surface area contributed by atoms with Gasteiger partial charge in [0.2, 0.25) is 10.0 Å². The number of rotatable bonds is 7. The summed E-state index contributed by atoms with van der Waals surface area (Å²) in [4.78, 5) is 24.9. The molecule has 0 radical (unpaired) electrons. The Morgan fingerprint density at radius 1 is 1.27 bits per heavy atom. The van der Waals surface area contributed by atoms with Crippen molar-refractivity contribution in [1.29, 1.82) is 0 Å². The molecule has 1 heterocycles. The summed E-state index contributed by atoms with van der Waals surface area (Å²) in [5.41, 5.74) is 0.699. The van der Waals surface area contributed by atoms with Crippen LogP contribution in [0.1, 0.15) is 29.3 Å². The lowest BCUT2D eigenvalue weighted by Crippen LogP contribution is -2.41. The summed E-state index contributed by atoms with van der Waals surface area (Å²) in [5, 5.41) is 9.00. The van der Waals surface area contributed by atoms with E-state index in [9.17, 15) is 18.0 Å². The summed E-state index contributed by atoms with van der Waals surface area (Å²) in [6, 6.07) is 4.44. The van der Waals surface area contributed by atoms with Crippen LogP contribution >= 0.6 is 0 Å². The zero-order chi connectivity index (χ0) is 19.3. The Balaban J connectivity index is 2.36. The number of amides is 1. The van der Waals surface area contributed by atoms with Crippen LogP contribution in [-0.2, 0) is 19.6 Å². The largest absolute Gasteiger partial charge is 0.480 e. The van der Waals surface area contributed by atoms with Crippen molar-refractivity contribution in [2.24, 2.45) is 0 Å². The molecule has 0 aliphatic carbocycles. The Labute approximate surface area is 153 Å². The number of hydrogen-bond donors (Lipinski definition) is 1. The van der Waals surface area contributed by atoms with Crippen LogP contribution in [0.5, 0.6) is 0 Å². The van der Waals surface area contributed by atoms with E-state index in [4.69, 9.17) is 9.84 Å². The lowest BCUT2D eigenvalue weighted by atomic mass is 10.1. The van der Waals surface area contributed by atoms with Gasteiger partial charge in [-0.25, -0.2) is 8.42 Å². The van der Waals surface area contributed by atoms with E-state index in [0.29, 0.717) is 25.2 Å². The molecule has 1 saturated heterocycles. The first-order valence-electron chi connectivity index (χ1n) is 8.47. The number of aliphatic carboxylic acids is 1. The standard InChI is InChI=1S/C17H24N2O6S/c1-3-6-18(12-16(20)21)17(22)14-5-4-13(2)15(11-14)26(23,24)19-7-9-25-10-8-19/h4-5,11H,3,6-10,12H2,1-2H3,(H,20,21). The molecule has 1 amide bonds. The van der Waals surface area contributed by atoms with Crippen LogP contribution < -0.4 is 0 Å². The number of carbonyl (C=O) groups excluding carboxylic acids is 1. The molecule has 0 bridgehead atoms. The van der Waals surface area contributed by atoms with Gasteiger partial charge in [-0.05, 0) is 31.0 Å². The Morgan fingerprint density at radius 2 is 1.92 bits per heavy atom. The van der Waals surface area contributed by atoms with Crippen LogP contribution in [0.4, 0.5) is 0 Å². The van der Waals surface area contributed by atoms with E-state index >= 15 is 0 Å². The molecular formula is C17H24N2O6S. The second kappa shape index (κ2) is 8.61. The molecule has 0 unspecified atom stereocenters. The number of carbonyl (C=O) groups is 2. The topological polar surface area (TPSA) is 104 Å². The maximum Gasteiger partial charge on any atom is 0.323 e. The minimum Gasteiger partial charge on any atom is -0.480 e. The van der Waals surface area contributed by atoms with Gasteiger partial charge in [0.25, 0.3) is 5.91 Å². The Morgan fingerprint density at radius 3 is 2.50 bits per heavy atom. The van der Waals surface area contributed by atoms with Gasteiger partial charge < -0.3 is 14.7 Å². The van der Waals surface area contributed by atoms with Crippen molar-refractivity contribution in [2.45, 2.75) is 25.2 Å². The molecule has 144 valence electrons. The van der Waals surface area contributed by atoms with Crippen LogP contribution in [0, 0.1) is 6.92 Å². The predicted octanol–water partition coefficient (Wildman–Crippen LogP) is 0.953. The van der Waals surface area contributed by atoms with Crippen molar-refractivity contribution in [3.05, 3.63) is 29.3 Å². The first-order chi connectivity index (χ1) is 12.3. The molecule has 2 rings (SSSR count). The molecule has 8 nitrogen and oxygen atoms in total. The molecule has 0 aromatic heterocycles. The van der Waals surface area contributed by atoms with Gasteiger partial charge in [-0.2, -0.15) is 4.31 Å². The molecule has 1 aliphatic heterocycles. The van der Waals surface area contributed by atoms with Gasteiger partial charge in [-0.1, -0.05) is 13.0 Å². The van der Waals surface area contributed by atoms with Crippen LogP contribution in [0.2, 0.25) is 0 Å². The lowest BCUT2D eigenvalue weighted by molar-refractivity contribution is -0.137. The fourth-order valence-electron chi connectivity index (χ4n) is 2.81. The molecule has 1 aromatic carbocycles. The van der Waals surface area contributed by atoms with Gasteiger partial charge in [0.05, 0.1) is 18.1 Å². The zero-order valence-corrected chi connectivity index (χ0v) is 15.8. The third-order valence-electron chi connectivity index (χ3n) is 4.13. The Hall–Kier alpha value is -1.97. The van der Waals surface area contributed by atoms with E-state index in [0.717, 1.165) is 0 Å². The van der Waals surface area contributed by atoms with Crippen molar-refractivity contribution in [2.75, 3.05) is 39.4 Å². The number of hydrogen-bond acceptors (Lipinski definition) is 5. The zero-order valence-electron chi connectivity index (χ0n) is 15.0. The van der Waals surface area contributed by atoms with E-state index in [2.05, 4.69) is 0 Å². The van der Waals surface area contributed by atoms with E-state index in [1.807, 2.05) is 6.92 Å². The fraction of sp³-hybridized carbons (Fsp3) is 0.529. The van der Waals surface area contributed by atoms with Crippen LogP contribution in [-0.4, -0.2) is 74.0 Å². The highest BCUT2D eigenvalue weighted by atomic mass is 32.2. The summed E-state index contributed by atoms with van der Waals surface area (Å²) in [7, 11) is -3.74. The predicted molar refractivity (Wildman–Crippen MR) is 94.6 cm³/mol. The van der Waals surface area contributed by atoms with E-state index in [-0.39, 0.29) is 30.1 Å². The second-order valence-electron chi connectivity index (χ2n) is 6.12. The van der Waals surface area contributed by atoms with E-state index in [1.165, 1.54) is 21.3 Å². The van der Waals surface area contributed by atoms with Crippen molar-refractivity contribution in [3.8, 4) is 0 Å². The molecule has 0 atom stereocenters. The number of sulfonamides is 1. The molecule has 1 aliphatic rings. The third-order valence-corrected chi connectivity index (χ3v) is 6.17. The number of aryl methyl sites for hydroxylation is 1. The average molecular weight is 384 g/mol. The normalized spacial score (nSPS) is 15.6. The molecule has 1 aromatic rings. The number of morpholine rings is 1. The number of nitrogens with zero attached hydrogens (tertiary/aromatic N) is 2. The van der Waals surface area contributed by atoms with Gasteiger partial charge in [-0.3, -0.25) is 9.59 Å². The fourth-order valence-corrected chi connectivity index (χ4v) is 4.46. The Kier molecular flexibility index (Phi) is 6.74. The average Bonchev–Trinajstić information content (AvgIpc) is 2.61. The number of ether oxygens (including phenoxy) is 1. The molecule has 1 N–H and O–H groups in total. The highest BCUT2D eigenvalue weighted by Crippen LogP contribution is 2.23. The Bertz CT molecular complexity index is 771. The number of carboxylic acids is 1. The smallest absolute Gasteiger partial charge is 0.323 e. The van der Waals surface area contributed by atoms with Gasteiger partial charge in [-0.15, -0.1) is 0 Å². The minimum absolute atomic E-state index is 0.0667. The molecule has 9 heteroatoms. The highest BCUT2D eigenvalue weighted by molar-refractivity contribution is 7.89. The van der Waals surface area contributed by atoms with E-state index < -0.39 is 28.4 Å². The highest BCUT2D eigenvalue weighted by Gasteiger charge is 2.29. The summed E-state index contributed by atoms with van der Waals surface area (Å²) in [5.74, 6) is -1.60. The third kappa shape index (κ3) is 4.60. The summed E-state index contributed by atoms with van der Waals surface area (Å²) in [6.07, 6.45) is 0.601. The van der Waals surface area contributed by atoms with Crippen molar-refractivity contribution >= 4 is 21.9 Å². The molecule has 0 spiro atoms. The maximum absolute atomic E-state index is 12.9. The van der Waals surface area contributed by atoms with Crippen molar-refractivity contribution in [3.63, 3.8) is 0 Å². The SMILES string of the molecule is CCCN(CC(=O)O)C(=O)c1ccc(C)c(S(=O)(=O)N2CCOCC2)c1. The maximum atomic E-state index is 12.9. The molecule has 1 fully saturated rings. The van der Waals surface area contributed by atoms with Gasteiger partial charge >= 0.3 is 5.97 Å². The summed E-state index contributed by atoms with van der Waals surface area (Å²) >= 11 is 0. The number of benzene rings is 1. The first kappa shape index (κ1) is 20.3. The summed E-state index contributed by atoms with van der Waals surface area (Å²) in [6.45, 7) is 4.56. The monoisotopic (exact) mass is 384 g/mol. The van der Waals surface area contributed by atoms with Crippen molar-refractivity contribution < 1.29 is 27.9 Å². The quantitative estimate of drug-likeness (QED) is 0.751. The van der Waals surface area contributed by atoms with E-state index in [1.54, 1.807) is 13.0 Å². The van der Waals surface area contributed by atoms with Crippen LogP contribution in [0.3, 0.4) is 0 Å². The number of carboxylic acid groups (broad SMARTS) is 1. The lowest BCUT2D eigenvalue weighted by Gasteiger charge is -2.27. The summed E-state index contributed by atoms with van der Waals surface area (Å²) < 4.78 is 32.4.